The first kappa shape index (κ1) is 18.3. The fourth-order valence-corrected chi connectivity index (χ4v) is 3.61. The second-order valence-electron chi connectivity index (χ2n) is 7.33. The van der Waals surface area contributed by atoms with Gasteiger partial charge >= 0.3 is 0 Å². The summed E-state index contributed by atoms with van der Waals surface area (Å²) in [5.41, 5.74) is 5.16. The van der Waals surface area contributed by atoms with Gasteiger partial charge in [0.25, 0.3) is 0 Å². The van der Waals surface area contributed by atoms with Crippen molar-refractivity contribution in [2.45, 2.75) is 20.4 Å². The smallest absolute Gasteiger partial charge is 0.224 e. The third-order valence-electron chi connectivity index (χ3n) is 5.31. The number of aryl methyl sites for hydroxylation is 2. The van der Waals surface area contributed by atoms with Crippen molar-refractivity contribution >= 4 is 17.5 Å². The first-order valence-corrected chi connectivity index (χ1v) is 9.87. The summed E-state index contributed by atoms with van der Waals surface area (Å²) < 4.78 is 0. The lowest BCUT2D eigenvalue weighted by atomic mass is 10.1. The zero-order chi connectivity index (χ0) is 19.3. The summed E-state index contributed by atoms with van der Waals surface area (Å²) in [6.45, 7) is 8.93. The summed E-state index contributed by atoms with van der Waals surface area (Å²) in [4.78, 5) is 13.9. The molecule has 28 heavy (non-hydrogen) atoms. The number of nitrogens with zero attached hydrogens (tertiary/aromatic N) is 4. The highest BCUT2D eigenvalue weighted by Crippen LogP contribution is 2.21. The molecule has 0 radical (unpaired) electrons. The van der Waals surface area contributed by atoms with Gasteiger partial charge in [-0.05, 0) is 48.7 Å². The van der Waals surface area contributed by atoms with Gasteiger partial charge in [0.1, 0.15) is 5.82 Å². The lowest BCUT2D eigenvalue weighted by molar-refractivity contribution is 0.647. The maximum atomic E-state index is 4.74. The minimum Gasteiger partial charge on any atom is -0.368 e. The van der Waals surface area contributed by atoms with E-state index in [1.54, 1.807) is 0 Å². The molecule has 3 aromatic rings. The van der Waals surface area contributed by atoms with E-state index < -0.39 is 0 Å². The van der Waals surface area contributed by atoms with Gasteiger partial charge in [-0.15, -0.1) is 0 Å². The molecule has 0 bridgehead atoms. The van der Waals surface area contributed by atoms with Crippen molar-refractivity contribution in [1.29, 1.82) is 0 Å². The van der Waals surface area contributed by atoms with Gasteiger partial charge in [-0.2, -0.15) is 4.98 Å². The Labute approximate surface area is 167 Å². The molecular formula is C23H27N5. The summed E-state index contributed by atoms with van der Waals surface area (Å²) in [5, 5.41) is 3.36. The highest BCUT2D eigenvalue weighted by Gasteiger charge is 2.18. The standard InChI is InChI=1S/C23H27N5/c1-18-6-5-9-21(16-18)27-12-14-28(15-13-27)22-10-11-24-23(26-22)25-17-20-8-4-3-7-19(20)2/h3-11,16H,12-15,17H2,1-2H3,(H,24,25,26). The van der Waals surface area contributed by atoms with Crippen LogP contribution in [0.15, 0.2) is 60.8 Å². The molecule has 0 aliphatic carbocycles. The first-order valence-electron chi connectivity index (χ1n) is 9.87. The number of piperazine rings is 1. The van der Waals surface area contributed by atoms with Crippen LogP contribution >= 0.6 is 0 Å². The van der Waals surface area contributed by atoms with Crippen LogP contribution in [0, 0.1) is 13.8 Å². The number of anilines is 3. The molecule has 5 nitrogen and oxygen atoms in total. The molecule has 5 heteroatoms. The number of hydrogen-bond donors (Lipinski definition) is 1. The molecule has 1 N–H and O–H groups in total. The molecule has 0 amide bonds. The Bertz CT molecular complexity index is 932. The predicted octanol–water partition coefficient (Wildman–Crippen LogP) is 4.03. The fourth-order valence-electron chi connectivity index (χ4n) is 3.61. The van der Waals surface area contributed by atoms with Gasteiger partial charge in [-0.3, -0.25) is 0 Å². The number of nitrogens with one attached hydrogen (secondary N) is 1. The lowest BCUT2D eigenvalue weighted by Crippen LogP contribution is -2.46. The zero-order valence-electron chi connectivity index (χ0n) is 16.6. The van der Waals surface area contributed by atoms with E-state index in [0.717, 1.165) is 38.5 Å². The first-order chi connectivity index (χ1) is 13.7. The predicted molar refractivity (Wildman–Crippen MR) is 116 cm³/mol. The molecule has 1 aliphatic heterocycles. The quantitative estimate of drug-likeness (QED) is 0.731. The molecule has 1 fully saturated rings. The number of hydrogen-bond acceptors (Lipinski definition) is 5. The minimum atomic E-state index is 0.682. The van der Waals surface area contributed by atoms with Crippen LogP contribution in [0.1, 0.15) is 16.7 Å². The molecule has 1 aliphatic rings. The summed E-state index contributed by atoms with van der Waals surface area (Å²) in [6.07, 6.45) is 1.84. The molecule has 1 saturated heterocycles. The Morgan fingerprint density at radius 1 is 0.893 bits per heavy atom. The van der Waals surface area contributed by atoms with E-state index in [0.29, 0.717) is 5.95 Å². The third kappa shape index (κ3) is 4.25. The molecule has 2 heterocycles. The van der Waals surface area contributed by atoms with Crippen LogP contribution in [0.4, 0.5) is 17.5 Å². The molecule has 0 saturated carbocycles. The van der Waals surface area contributed by atoms with Crippen molar-refractivity contribution in [2.75, 3.05) is 41.3 Å². The van der Waals surface area contributed by atoms with E-state index in [1.165, 1.54) is 22.4 Å². The van der Waals surface area contributed by atoms with Crippen LogP contribution in [-0.4, -0.2) is 36.1 Å². The summed E-state index contributed by atoms with van der Waals surface area (Å²) in [7, 11) is 0. The maximum Gasteiger partial charge on any atom is 0.224 e. The van der Waals surface area contributed by atoms with E-state index in [4.69, 9.17) is 4.98 Å². The van der Waals surface area contributed by atoms with Crippen LogP contribution in [0.3, 0.4) is 0 Å². The van der Waals surface area contributed by atoms with Gasteiger partial charge in [0.15, 0.2) is 0 Å². The minimum absolute atomic E-state index is 0.682. The van der Waals surface area contributed by atoms with Crippen LogP contribution in [0.2, 0.25) is 0 Å². The van der Waals surface area contributed by atoms with Crippen molar-refractivity contribution in [2.24, 2.45) is 0 Å². The molecule has 1 aromatic heterocycles. The molecule has 4 rings (SSSR count). The molecule has 2 aromatic carbocycles. The molecular weight excluding hydrogens is 346 g/mol. The maximum absolute atomic E-state index is 4.74. The van der Waals surface area contributed by atoms with E-state index in [9.17, 15) is 0 Å². The van der Waals surface area contributed by atoms with Crippen LogP contribution in [0.5, 0.6) is 0 Å². The number of aromatic nitrogens is 2. The second-order valence-corrected chi connectivity index (χ2v) is 7.33. The van der Waals surface area contributed by atoms with Gasteiger partial charge in [0.2, 0.25) is 5.95 Å². The van der Waals surface area contributed by atoms with Crippen molar-refractivity contribution < 1.29 is 0 Å². The van der Waals surface area contributed by atoms with Crippen molar-refractivity contribution in [3.8, 4) is 0 Å². The highest BCUT2D eigenvalue weighted by molar-refractivity contribution is 5.51. The van der Waals surface area contributed by atoms with Crippen LogP contribution in [-0.2, 0) is 6.54 Å². The Morgan fingerprint density at radius 2 is 1.68 bits per heavy atom. The van der Waals surface area contributed by atoms with Gasteiger partial charge < -0.3 is 15.1 Å². The average molecular weight is 374 g/mol. The van der Waals surface area contributed by atoms with Crippen molar-refractivity contribution in [3.05, 3.63) is 77.5 Å². The van der Waals surface area contributed by atoms with Gasteiger partial charge in [0.05, 0.1) is 0 Å². The Morgan fingerprint density at radius 3 is 2.46 bits per heavy atom. The van der Waals surface area contributed by atoms with Gasteiger partial charge in [-0.25, -0.2) is 4.98 Å². The van der Waals surface area contributed by atoms with Gasteiger partial charge in [-0.1, -0.05) is 36.4 Å². The fraction of sp³-hybridized carbons (Fsp3) is 0.304. The summed E-state index contributed by atoms with van der Waals surface area (Å²) >= 11 is 0. The highest BCUT2D eigenvalue weighted by atomic mass is 15.3. The number of rotatable bonds is 5. The normalized spacial score (nSPS) is 14.2. The van der Waals surface area contributed by atoms with Crippen LogP contribution in [0.25, 0.3) is 0 Å². The van der Waals surface area contributed by atoms with Gasteiger partial charge in [0, 0.05) is 44.6 Å². The summed E-state index contributed by atoms with van der Waals surface area (Å²) in [6, 6.07) is 19.1. The summed E-state index contributed by atoms with van der Waals surface area (Å²) in [5.74, 6) is 1.67. The molecule has 0 spiro atoms. The topological polar surface area (TPSA) is 44.3 Å². The SMILES string of the molecule is Cc1cccc(N2CCN(c3ccnc(NCc4ccccc4C)n3)CC2)c1. The third-order valence-corrected chi connectivity index (χ3v) is 5.31. The van der Waals surface area contributed by atoms with Crippen molar-refractivity contribution in [3.63, 3.8) is 0 Å². The van der Waals surface area contributed by atoms with Crippen molar-refractivity contribution in [1.82, 2.24) is 9.97 Å². The Kier molecular flexibility index (Phi) is 5.42. The van der Waals surface area contributed by atoms with E-state index in [1.807, 2.05) is 12.3 Å². The van der Waals surface area contributed by atoms with E-state index >= 15 is 0 Å². The average Bonchev–Trinajstić information content (AvgIpc) is 2.73. The monoisotopic (exact) mass is 373 g/mol. The second kappa shape index (κ2) is 8.30. The van der Waals surface area contributed by atoms with E-state index in [-0.39, 0.29) is 0 Å². The largest absolute Gasteiger partial charge is 0.368 e. The van der Waals surface area contributed by atoms with E-state index in [2.05, 4.69) is 82.5 Å². The lowest BCUT2D eigenvalue weighted by Gasteiger charge is -2.36. The molecule has 144 valence electrons. The molecule has 0 unspecified atom stereocenters. The number of benzene rings is 2. The zero-order valence-corrected chi connectivity index (χ0v) is 16.6. The Balaban J connectivity index is 1.38. The van der Waals surface area contributed by atoms with Crippen LogP contribution < -0.4 is 15.1 Å². The molecule has 0 atom stereocenters. The Hall–Kier alpha value is -3.08.